The van der Waals surface area contributed by atoms with Gasteiger partial charge in [0.15, 0.2) is 0 Å². The molecule has 0 N–H and O–H groups in total. The molecule has 4 aromatic rings. The molecule has 1 aliphatic heterocycles. The van der Waals surface area contributed by atoms with E-state index in [0.29, 0.717) is 24.5 Å². The van der Waals surface area contributed by atoms with Crippen LogP contribution >= 0.6 is 11.6 Å². The van der Waals surface area contributed by atoms with E-state index in [-0.39, 0.29) is 11.8 Å². The number of anilines is 1. The molecular weight excluding hydrogens is 406 g/mol. The molecule has 0 spiro atoms. The van der Waals surface area contributed by atoms with Gasteiger partial charge in [-0.3, -0.25) is 4.79 Å². The summed E-state index contributed by atoms with van der Waals surface area (Å²) in [5.41, 5.74) is 3.96. The Labute approximate surface area is 186 Å². The monoisotopic (exact) mass is 427 g/mol. The molecular formula is C26H22ClN3O. The molecule has 2 heterocycles. The number of benzene rings is 3. The van der Waals surface area contributed by atoms with E-state index in [1.54, 1.807) is 4.90 Å². The SMILES string of the molecule is O=C1C[C@@H](c2nc3ccccc3n2C/C=C/c2ccccc2)CN1c1ccccc1Cl. The van der Waals surface area contributed by atoms with E-state index >= 15 is 0 Å². The molecule has 0 aliphatic carbocycles. The van der Waals surface area contributed by atoms with Crippen molar-refractivity contribution in [3.8, 4) is 0 Å². The predicted octanol–water partition coefficient (Wildman–Crippen LogP) is 5.92. The molecule has 1 fully saturated rings. The highest BCUT2D eigenvalue weighted by molar-refractivity contribution is 6.33. The maximum Gasteiger partial charge on any atom is 0.227 e. The minimum absolute atomic E-state index is 0.0151. The third-order valence-corrected chi connectivity index (χ3v) is 6.03. The van der Waals surface area contributed by atoms with Crippen LogP contribution in [-0.2, 0) is 11.3 Å². The zero-order valence-corrected chi connectivity index (χ0v) is 17.7. The number of amides is 1. The van der Waals surface area contributed by atoms with Crippen LogP contribution in [0.2, 0.25) is 5.02 Å². The number of rotatable bonds is 5. The van der Waals surface area contributed by atoms with Crippen molar-refractivity contribution in [3.63, 3.8) is 0 Å². The highest BCUT2D eigenvalue weighted by Crippen LogP contribution is 2.36. The van der Waals surface area contributed by atoms with Crippen molar-refractivity contribution in [3.05, 3.63) is 101 Å². The second-order valence-corrected chi connectivity index (χ2v) is 8.15. The van der Waals surface area contributed by atoms with Gasteiger partial charge in [-0.15, -0.1) is 0 Å². The van der Waals surface area contributed by atoms with Gasteiger partial charge in [-0.05, 0) is 29.8 Å². The van der Waals surface area contributed by atoms with E-state index in [1.165, 1.54) is 0 Å². The number of carbonyl (C=O) groups excluding carboxylic acids is 1. The Morgan fingerprint density at radius 2 is 1.71 bits per heavy atom. The van der Waals surface area contributed by atoms with Crippen LogP contribution in [0.1, 0.15) is 23.7 Å². The zero-order chi connectivity index (χ0) is 21.2. The van der Waals surface area contributed by atoms with Crippen LogP contribution in [0, 0.1) is 0 Å². The van der Waals surface area contributed by atoms with Crippen molar-refractivity contribution < 1.29 is 4.79 Å². The van der Waals surface area contributed by atoms with Crippen LogP contribution in [0.3, 0.4) is 0 Å². The summed E-state index contributed by atoms with van der Waals surface area (Å²) < 4.78 is 2.23. The fourth-order valence-electron chi connectivity index (χ4n) is 4.24. The van der Waals surface area contributed by atoms with Crippen molar-refractivity contribution in [2.24, 2.45) is 0 Å². The Morgan fingerprint density at radius 3 is 2.55 bits per heavy atom. The summed E-state index contributed by atoms with van der Waals surface area (Å²) in [5, 5.41) is 0.593. The molecule has 0 saturated carbocycles. The third-order valence-electron chi connectivity index (χ3n) is 5.72. The smallest absolute Gasteiger partial charge is 0.227 e. The lowest BCUT2D eigenvalue weighted by Gasteiger charge is -2.18. The Hall–Kier alpha value is -3.37. The summed E-state index contributed by atoms with van der Waals surface area (Å²) in [5.74, 6) is 1.04. The maximum absolute atomic E-state index is 12.9. The molecule has 3 aromatic carbocycles. The number of nitrogens with zero attached hydrogens (tertiary/aromatic N) is 3. The summed E-state index contributed by atoms with van der Waals surface area (Å²) >= 11 is 6.36. The first-order chi connectivity index (χ1) is 15.2. The van der Waals surface area contributed by atoms with Crippen molar-refractivity contribution in [1.82, 2.24) is 9.55 Å². The Balaban J connectivity index is 1.47. The average Bonchev–Trinajstić information content (AvgIpc) is 3.35. The molecule has 1 amide bonds. The van der Waals surface area contributed by atoms with E-state index in [4.69, 9.17) is 16.6 Å². The minimum atomic E-state index is 0.0151. The van der Waals surface area contributed by atoms with Gasteiger partial charge >= 0.3 is 0 Å². The predicted molar refractivity (Wildman–Crippen MR) is 126 cm³/mol. The van der Waals surface area contributed by atoms with Crippen LogP contribution in [0.15, 0.2) is 84.9 Å². The number of halogens is 1. The first-order valence-electron chi connectivity index (χ1n) is 10.4. The molecule has 0 unspecified atom stereocenters. The van der Waals surface area contributed by atoms with Crippen LogP contribution < -0.4 is 4.90 Å². The lowest BCUT2D eigenvalue weighted by molar-refractivity contribution is -0.117. The number of imidazole rings is 1. The minimum Gasteiger partial charge on any atom is -0.324 e. The van der Waals surface area contributed by atoms with Crippen molar-refractivity contribution in [1.29, 1.82) is 0 Å². The van der Waals surface area contributed by atoms with E-state index in [0.717, 1.165) is 28.1 Å². The molecule has 1 atom stereocenters. The van der Waals surface area contributed by atoms with E-state index in [2.05, 4.69) is 34.9 Å². The fourth-order valence-corrected chi connectivity index (χ4v) is 4.48. The number of para-hydroxylation sites is 3. The lowest BCUT2D eigenvalue weighted by atomic mass is 10.1. The Bertz CT molecular complexity index is 1260. The van der Waals surface area contributed by atoms with Gasteiger partial charge in [0.05, 0.1) is 21.7 Å². The standard InChI is InChI=1S/C26H22ClN3O/c27-21-12-4-6-14-23(21)30-18-20(17-25(30)31)26-28-22-13-5-7-15-24(22)29(26)16-8-11-19-9-2-1-3-10-19/h1-15,20H,16-18H2/b11-8+/t20-/m1/s1. The summed E-state index contributed by atoms with van der Waals surface area (Å²) in [6.45, 7) is 1.27. The van der Waals surface area contributed by atoms with Gasteiger partial charge in [0, 0.05) is 25.4 Å². The third kappa shape index (κ3) is 3.87. The largest absolute Gasteiger partial charge is 0.324 e. The summed E-state index contributed by atoms with van der Waals surface area (Å²) in [4.78, 5) is 19.6. The maximum atomic E-state index is 12.9. The highest BCUT2D eigenvalue weighted by Gasteiger charge is 2.35. The van der Waals surface area contributed by atoms with Gasteiger partial charge in [0.2, 0.25) is 5.91 Å². The number of allylic oxidation sites excluding steroid dienone is 1. The number of aromatic nitrogens is 2. The van der Waals surface area contributed by atoms with Crippen LogP contribution in [0.5, 0.6) is 0 Å². The molecule has 31 heavy (non-hydrogen) atoms. The number of carbonyl (C=O) groups is 1. The quantitative estimate of drug-likeness (QED) is 0.396. The lowest BCUT2D eigenvalue weighted by Crippen LogP contribution is -2.24. The summed E-state index contributed by atoms with van der Waals surface area (Å²) in [7, 11) is 0. The van der Waals surface area contributed by atoms with Crippen molar-refractivity contribution in [2.45, 2.75) is 18.9 Å². The van der Waals surface area contributed by atoms with Gasteiger partial charge in [0.1, 0.15) is 5.82 Å². The molecule has 1 aromatic heterocycles. The molecule has 0 bridgehead atoms. The van der Waals surface area contributed by atoms with Gasteiger partial charge in [-0.1, -0.05) is 78.4 Å². The summed E-state index contributed by atoms with van der Waals surface area (Å²) in [6.07, 6.45) is 4.70. The highest BCUT2D eigenvalue weighted by atomic mass is 35.5. The zero-order valence-electron chi connectivity index (χ0n) is 17.0. The van der Waals surface area contributed by atoms with E-state index < -0.39 is 0 Å². The van der Waals surface area contributed by atoms with Crippen molar-refractivity contribution in [2.75, 3.05) is 11.4 Å². The molecule has 1 aliphatic rings. The first-order valence-corrected chi connectivity index (χ1v) is 10.8. The van der Waals surface area contributed by atoms with E-state index in [9.17, 15) is 4.79 Å². The number of hydrogen-bond acceptors (Lipinski definition) is 2. The van der Waals surface area contributed by atoms with Crippen molar-refractivity contribution >= 4 is 40.3 Å². The molecule has 5 heteroatoms. The normalized spacial score (nSPS) is 16.6. The van der Waals surface area contributed by atoms with Gasteiger partial charge in [-0.2, -0.15) is 0 Å². The average molecular weight is 428 g/mol. The van der Waals surface area contributed by atoms with Crippen LogP contribution in [-0.4, -0.2) is 22.0 Å². The van der Waals surface area contributed by atoms with Crippen LogP contribution in [0.25, 0.3) is 17.1 Å². The van der Waals surface area contributed by atoms with E-state index in [1.807, 2.05) is 60.7 Å². The van der Waals surface area contributed by atoms with Crippen LogP contribution in [0.4, 0.5) is 5.69 Å². The fraction of sp³-hybridized carbons (Fsp3) is 0.154. The Kier molecular flexibility index (Phi) is 5.31. The topological polar surface area (TPSA) is 38.1 Å². The van der Waals surface area contributed by atoms with Gasteiger partial charge in [0.25, 0.3) is 0 Å². The molecule has 0 radical (unpaired) electrons. The molecule has 1 saturated heterocycles. The van der Waals surface area contributed by atoms with Gasteiger partial charge in [-0.25, -0.2) is 4.98 Å². The summed E-state index contributed by atoms with van der Waals surface area (Å²) in [6, 6.07) is 25.9. The molecule has 5 rings (SSSR count). The Morgan fingerprint density at radius 1 is 0.968 bits per heavy atom. The molecule has 154 valence electrons. The first kappa shape index (κ1) is 19.6. The number of hydrogen-bond donors (Lipinski definition) is 0. The van der Waals surface area contributed by atoms with Gasteiger partial charge < -0.3 is 9.47 Å². The second-order valence-electron chi connectivity index (χ2n) is 7.74. The number of fused-ring (bicyclic) bond motifs is 1. The second kappa shape index (κ2) is 8.40. The molecule has 4 nitrogen and oxygen atoms in total.